The molecule has 0 spiro atoms. The fraction of sp³-hybridized carbons (Fsp3) is 0.414. The van der Waals surface area contributed by atoms with Gasteiger partial charge in [0.1, 0.15) is 0 Å². The average Bonchev–Trinajstić information content (AvgIpc) is 3.17. The molecule has 1 amide bonds. The van der Waals surface area contributed by atoms with Gasteiger partial charge in [-0.15, -0.1) is 0 Å². The first-order valence-electron chi connectivity index (χ1n) is 12.7. The molecule has 3 N–H and O–H groups in total. The molecule has 7 heteroatoms. The van der Waals surface area contributed by atoms with Gasteiger partial charge in [-0.05, 0) is 59.6 Å². The van der Waals surface area contributed by atoms with Crippen LogP contribution in [0.15, 0.2) is 30.3 Å². The van der Waals surface area contributed by atoms with Crippen molar-refractivity contribution in [3.63, 3.8) is 0 Å². The monoisotopic (exact) mass is 482 g/mol. The second-order valence-electron chi connectivity index (χ2n) is 11.0. The number of H-pyrrole nitrogens is 1. The van der Waals surface area contributed by atoms with Crippen LogP contribution in [0.25, 0.3) is 10.9 Å². The number of anilines is 1. The van der Waals surface area contributed by atoms with E-state index in [1.165, 1.54) is 0 Å². The van der Waals surface area contributed by atoms with E-state index in [2.05, 4.69) is 35.1 Å². The molecule has 184 valence electrons. The highest BCUT2D eigenvalue weighted by Gasteiger charge is 2.55. The van der Waals surface area contributed by atoms with Crippen molar-refractivity contribution in [1.82, 2.24) is 9.88 Å². The van der Waals surface area contributed by atoms with Crippen molar-refractivity contribution in [3.8, 4) is 6.07 Å². The first kappa shape index (κ1) is 23.0. The van der Waals surface area contributed by atoms with Gasteiger partial charge in [-0.2, -0.15) is 5.26 Å². The Morgan fingerprint density at radius 3 is 2.67 bits per heavy atom. The lowest BCUT2D eigenvalue weighted by Crippen LogP contribution is -2.34. The number of likely N-dealkylation sites (tertiary alicyclic amines) is 1. The molecule has 1 unspecified atom stereocenters. The lowest BCUT2D eigenvalue weighted by molar-refractivity contribution is -0.117. The summed E-state index contributed by atoms with van der Waals surface area (Å²) in [4.78, 5) is 32.3. The molecular formula is C29H30N4O3. The molecule has 0 radical (unpaired) electrons. The van der Waals surface area contributed by atoms with Crippen molar-refractivity contribution in [3.05, 3.63) is 63.8 Å². The molecule has 3 aromatic rings. The van der Waals surface area contributed by atoms with Gasteiger partial charge in [0.2, 0.25) is 5.91 Å². The van der Waals surface area contributed by atoms with E-state index >= 15 is 0 Å². The topological polar surface area (TPSA) is 109 Å². The molecule has 3 aliphatic rings. The minimum absolute atomic E-state index is 0.0300. The van der Waals surface area contributed by atoms with Crippen LogP contribution in [0.3, 0.4) is 0 Å². The second-order valence-corrected chi connectivity index (χ2v) is 11.0. The summed E-state index contributed by atoms with van der Waals surface area (Å²) in [5.41, 5.74) is 5.58. The number of piperidine rings is 1. The third-order valence-electron chi connectivity index (χ3n) is 8.62. The van der Waals surface area contributed by atoms with Crippen LogP contribution in [-0.4, -0.2) is 52.9 Å². The smallest absolute Gasteiger partial charge is 0.238 e. The minimum atomic E-state index is -0.494. The highest BCUT2D eigenvalue weighted by Crippen LogP contribution is 2.51. The molecule has 36 heavy (non-hydrogen) atoms. The fourth-order valence-corrected chi connectivity index (χ4v) is 6.53. The van der Waals surface area contributed by atoms with Crippen molar-refractivity contribution < 1.29 is 14.7 Å². The number of carbonyl (C=O) groups excluding carboxylic acids is 2. The molecule has 1 saturated carbocycles. The van der Waals surface area contributed by atoms with E-state index in [0.29, 0.717) is 47.4 Å². The van der Waals surface area contributed by atoms with Crippen LogP contribution in [0.2, 0.25) is 0 Å². The van der Waals surface area contributed by atoms with Crippen LogP contribution >= 0.6 is 0 Å². The van der Waals surface area contributed by atoms with Crippen LogP contribution in [0.1, 0.15) is 59.1 Å². The Morgan fingerprint density at radius 2 is 2.00 bits per heavy atom. The maximum atomic E-state index is 13.7. The van der Waals surface area contributed by atoms with Gasteiger partial charge in [0.15, 0.2) is 5.78 Å². The van der Waals surface area contributed by atoms with Crippen molar-refractivity contribution in [1.29, 1.82) is 5.26 Å². The van der Waals surface area contributed by atoms with Gasteiger partial charge in [0.25, 0.3) is 0 Å². The lowest BCUT2D eigenvalue weighted by atomic mass is 9.70. The Kier molecular flexibility index (Phi) is 5.12. The van der Waals surface area contributed by atoms with E-state index < -0.39 is 5.41 Å². The number of nitrogens with one attached hydrogen (secondary N) is 2. The molecule has 1 aliphatic heterocycles. The van der Waals surface area contributed by atoms with Gasteiger partial charge < -0.3 is 15.4 Å². The number of aliphatic hydroxyl groups is 1. The van der Waals surface area contributed by atoms with Crippen molar-refractivity contribution >= 4 is 28.3 Å². The SMILES string of the molecule is CCc1cc2c(cc1NC(=O)CN1C[C@@H]3C(CO)[C@@H]3C1)C(C)(C)c1[nH]c3cc(C#N)ccc3c1C2=O. The summed E-state index contributed by atoms with van der Waals surface area (Å²) in [6.07, 6.45) is 0.689. The van der Waals surface area contributed by atoms with Crippen LogP contribution in [0.5, 0.6) is 0 Å². The number of aromatic nitrogens is 1. The molecule has 0 bridgehead atoms. The third kappa shape index (κ3) is 3.32. The highest BCUT2D eigenvalue weighted by molar-refractivity contribution is 6.20. The zero-order chi connectivity index (χ0) is 25.4. The standard InChI is InChI=1S/C29H30N4O3/c1-4-16-8-18-22(9-23(16)31-25(35)13-33-11-19-20(12-33)21(19)14-34)29(2,3)28-26(27(18)36)17-6-5-15(10-30)7-24(17)32-28/h5-9,19-21,32,34H,4,11-14H2,1-3H3,(H,31,35)/t19-,20+,21?. The van der Waals surface area contributed by atoms with Gasteiger partial charge in [-0.25, -0.2) is 0 Å². The molecular weight excluding hydrogens is 452 g/mol. The normalized spacial score (nSPS) is 23.6. The number of aromatic amines is 1. The maximum absolute atomic E-state index is 13.7. The maximum Gasteiger partial charge on any atom is 0.238 e. The number of fused-ring (bicyclic) bond motifs is 5. The van der Waals surface area contributed by atoms with Gasteiger partial charge in [0.05, 0.1) is 23.7 Å². The highest BCUT2D eigenvalue weighted by atomic mass is 16.3. The summed E-state index contributed by atoms with van der Waals surface area (Å²) in [6, 6.07) is 11.5. The number of amides is 1. The van der Waals surface area contributed by atoms with Crippen molar-refractivity contribution in [2.24, 2.45) is 17.8 Å². The molecule has 2 aliphatic carbocycles. The van der Waals surface area contributed by atoms with Crippen LogP contribution < -0.4 is 5.32 Å². The predicted molar refractivity (Wildman–Crippen MR) is 137 cm³/mol. The number of rotatable bonds is 5. The number of nitrogens with zero attached hydrogens (tertiary/aromatic N) is 2. The number of aryl methyl sites for hydroxylation is 1. The quantitative estimate of drug-likeness (QED) is 0.515. The van der Waals surface area contributed by atoms with E-state index in [9.17, 15) is 20.0 Å². The lowest BCUT2D eigenvalue weighted by Gasteiger charge is -2.33. The number of nitriles is 1. The largest absolute Gasteiger partial charge is 0.396 e. The van der Waals surface area contributed by atoms with Gasteiger partial charge in [-0.3, -0.25) is 14.5 Å². The Bertz CT molecular complexity index is 1470. The summed E-state index contributed by atoms with van der Waals surface area (Å²) in [7, 11) is 0. The number of hydrogen-bond acceptors (Lipinski definition) is 5. The Balaban J connectivity index is 1.32. The first-order chi connectivity index (χ1) is 17.3. The van der Waals surface area contributed by atoms with E-state index in [1.807, 2.05) is 25.1 Å². The number of aliphatic hydroxyl groups excluding tert-OH is 1. The van der Waals surface area contributed by atoms with Crippen molar-refractivity contribution in [2.75, 3.05) is 31.6 Å². The predicted octanol–water partition coefficient (Wildman–Crippen LogP) is 3.58. The van der Waals surface area contributed by atoms with Gasteiger partial charge in [-0.1, -0.05) is 26.8 Å². The van der Waals surface area contributed by atoms with E-state index in [4.69, 9.17) is 0 Å². The van der Waals surface area contributed by atoms with E-state index in [1.54, 1.807) is 12.1 Å². The molecule has 3 atom stereocenters. The van der Waals surface area contributed by atoms with Gasteiger partial charge >= 0.3 is 0 Å². The number of hydrogen-bond donors (Lipinski definition) is 3. The number of benzene rings is 2. The summed E-state index contributed by atoms with van der Waals surface area (Å²) < 4.78 is 0. The number of ketones is 1. The Labute approximate surface area is 210 Å². The molecule has 2 aromatic carbocycles. The molecule has 1 aromatic heterocycles. The van der Waals surface area contributed by atoms with Crippen molar-refractivity contribution in [2.45, 2.75) is 32.6 Å². The molecule has 2 heterocycles. The van der Waals surface area contributed by atoms with Crippen LogP contribution in [-0.2, 0) is 16.6 Å². The first-order valence-corrected chi connectivity index (χ1v) is 12.7. The summed E-state index contributed by atoms with van der Waals surface area (Å²) in [6.45, 7) is 8.52. The summed E-state index contributed by atoms with van der Waals surface area (Å²) in [5.74, 6) is 1.38. The van der Waals surface area contributed by atoms with Crippen LogP contribution in [0.4, 0.5) is 5.69 Å². The fourth-order valence-electron chi connectivity index (χ4n) is 6.53. The Morgan fingerprint density at radius 1 is 1.25 bits per heavy atom. The number of carbonyl (C=O) groups is 2. The zero-order valence-electron chi connectivity index (χ0n) is 20.8. The van der Waals surface area contributed by atoms with Crippen LogP contribution in [0, 0.1) is 29.1 Å². The van der Waals surface area contributed by atoms with E-state index in [-0.39, 0.29) is 18.3 Å². The third-order valence-corrected chi connectivity index (χ3v) is 8.62. The molecule has 2 fully saturated rings. The van der Waals surface area contributed by atoms with Gasteiger partial charge in [0, 0.05) is 53.0 Å². The molecule has 6 rings (SSSR count). The zero-order valence-corrected chi connectivity index (χ0v) is 20.8. The molecule has 1 saturated heterocycles. The molecule has 7 nitrogen and oxygen atoms in total. The van der Waals surface area contributed by atoms with E-state index in [0.717, 1.165) is 46.5 Å². The second kappa shape index (κ2) is 8.02. The summed E-state index contributed by atoms with van der Waals surface area (Å²) in [5, 5.41) is 22.6. The summed E-state index contributed by atoms with van der Waals surface area (Å²) >= 11 is 0. The average molecular weight is 483 g/mol. The minimum Gasteiger partial charge on any atom is -0.396 e. The Hall–Kier alpha value is -3.47.